The van der Waals surface area contributed by atoms with Crippen LogP contribution in [-0.4, -0.2) is 13.1 Å². The average molecular weight is 140 g/mol. The van der Waals surface area contributed by atoms with Gasteiger partial charge in [0.15, 0.2) is 0 Å². The van der Waals surface area contributed by atoms with Gasteiger partial charge < -0.3 is 12.9 Å². The van der Waals surface area contributed by atoms with Gasteiger partial charge in [-0.15, -0.1) is 0 Å². The van der Waals surface area contributed by atoms with E-state index in [2.05, 4.69) is 0 Å². The van der Waals surface area contributed by atoms with Crippen LogP contribution in [0.1, 0.15) is 1.43 Å². The molecule has 4 heteroatoms. The number of hydrogen-bond acceptors (Lipinski definition) is 2. The van der Waals surface area contributed by atoms with Gasteiger partial charge in [-0.1, -0.05) is 0 Å². The van der Waals surface area contributed by atoms with Crippen LogP contribution in [0.3, 0.4) is 0 Å². The molecule has 0 bridgehead atoms. The van der Waals surface area contributed by atoms with Gasteiger partial charge in [-0.05, 0) is 0 Å². The first kappa shape index (κ1) is 15.7. The van der Waals surface area contributed by atoms with Gasteiger partial charge >= 0.3 is 29.6 Å². The summed E-state index contributed by atoms with van der Waals surface area (Å²) in [5.74, 6) is 0. The van der Waals surface area contributed by atoms with E-state index in [0.717, 1.165) is 0 Å². The average Bonchev–Trinajstić information content (AvgIpc) is 1.37. The molecule has 4 N–H and O–H groups in total. The molecule has 0 heterocycles. The van der Waals surface area contributed by atoms with E-state index >= 15 is 0 Å². The molecule has 0 fully saturated rings. The molecule has 2 nitrogen and oxygen atoms in total. The Kier molecular flexibility index (Phi) is 42.0. The maximum Gasteiger partial charge on any atom is 1.00 e. The van der Waals surface area contributed by atoms with Gasteiger partial charge in [0, 0.05) is 30.2 Å². The molecule has 6 heavy (non-hydrogen) atoms. The Bertz CT molecular complexity index is 17.7. The predicted octanol–water partition coefficient (Wildman–Crippen LogP) is -3.98. The van der Waals surface area contributed by atoms with E-state index in [1.54, 1.807) is 0 Å². The summed E-state index contributed by atoms with van der Waals surface area (Å²) in [7, 11) is 0. The summed E-state index contributed by atoms with van der Waals surface area (Å²) in [5.41, 5.74) is 9.81. The van der Waals surface area contributed by atoms with Gasteiger partial charge in [-0.3, -0.25) is 0 Å². The SMILES string of the molecule is NCCN.[Fe].[H-].[Na+]. The minimum absolute atomic E-state index is 0. The maximum absolute atomic E-state index is 4.90. The first-order valence-corrected chi connectivity index (χ1v) is 1.32. The summed E-state index contributed by atoms with van der Waals surface area (Å²) in [6.45, 7) is 1.19. The van der Waals surface area contributed by atoms with Crippen LogP contribution in [0.2, 0.25) is 0 Å². The van der Waals surface area contributed by atoms with Crippen LogP contribution in [0.15, 0.2) is 0 Å². The van der Waals surface area contributed by atoms with Crippen molar-refractivity contribution in [3.63, 3.8) is 0 Å². The van der Waals surface area contributed by atoms with Crippen molar-refractivity contribution < 1.29 is 48.1 Å². The summed E-state index contributed by atoms with van der Waals surface area (Å²) in [6.07, 6.45) is 0. The molecule has 0 aliphatic rings. The van der Waals surface area contributed by atoms with E-state index in [0.29, 0.717) is 13.1 Å². The van der Waals surface area contributed by atoms with Gasteiger partial charge in [-0.2, -0.15) is 0 Å². The van der Waals surface area contributed by atoms with Gasteiger partial charge in [-0.25, -0.2) is 0 Å². The summed E-state index contributed by atoms with van der Waals surface area (Å²) < 4.78 is 0. The van der Waals surface area contributed by atoms with E-state index in [9.17, 15) is 0 Å². The second-order valence-electron chi connectivity index (χ2n) is 0.577. The maximum atomic E-state index is 4.90. The molecule has 0 aliphatic carbocycles. The Morgan fingerprint density at radius 3 is 1.33 bits per heavy atom. The van der Waals surface area contributed by atoms with Gasteiger partial charge in [0.1, 0.15) is 0 Å². The second-order valence-corrected chi connectivity index (χ2v) is 0.577. The normalized spacial score (nSPS) is 5.00. The van der Waals surface area contributed by atoms with E-state index in [1.807, 2.05) is 0 Å². The molecule has 0 aromatic carbocycles. The predicted molar refractivity (Wildman–Crippen MR) is 19.2 cm³/mol. The summed E-state index contributed by atoms with van der Waals surface area (Å²) in [6, 6.07) is 0. The zero-order chi connectivity index (χ0) is 3.41. The van der Waals surface area contributed by atoms with Crippen LogP contribution in [0.5, 0.6) is 0 Å². The van der Waals surface area contributed by atoms with E-state index in [1.165, 1.54) is 0 Å². The molecule has 0 spiro atoms. The van der Waals surface area contributed by atoms with Crippen molar-refractivity contribution in [3.8, 4) is 0 Å². The molecular formula is C2H9FeN2Na. The van der Waals surface area contributed by atoms with Crippen LogP contribution < -0.4 is 41.0 Å². The second kappa shape index (κ2) is 16.1. The molecule has 0 aliphatic heterocycles. The van der Waals surface area contributed by atoms with Crippen molar-refractivity contribution in [2.24, 2.45) is 11.5 Å². The van der Waals surface area contributed by atoms with Crippen LogP contribution in [0.25, 0.3) is 0 Å². The molecule has 36 valence electrons. The molecular weight excluding hydrogens is 131 g/mol. The number of nitrogens with two attached hydrogens (primary N) is 2. The Labute approximate surface area is 72.3 Å². The molecule has 0 saturated carbocycles. The fraction of sp³-hybridized carbons (Fsp3) is 1.00. The minimum Gasteiger partial charge on any atom is -1.00 e. The molecule has 0 aromatic heterocycles. The van der Waals surface area contributed by atoms with Crippen molar-refractivity contribution in [2.45, 2.75) is 0 Å². The molecule has 0 atom stereocenters. The quantitative estimate of drug-likeness (QED) is 0.365. The zero-order valence-corrected chi connectivity index (χ0v) is 7.03. The van der Waals surface area contributed by atoms with Crippen molar-refractivity contribution in [3.05, 3.63) is 0 Å². The van der Waals surface area contributed by atoms with Gasteiger partial charge in [0.2, 0.25) is 0 Å². The first-order chi connectivity index (χ1) is 1.91. The Morgan fingerprint density at radius 1 is 1.17 bits per heavy atom. The largest absolute Gasteiger partial charge is 1.00 e. The fourth-order valence-corrected chi connectivity index (χ4v) is 0. The van der Waals surface area contributed by atoms with Crippen LogP contribution >= 0.6 is 0 Å². The summed E-state index contributed by atoms with van der Waals surface area (Å²) >= 11 is 0. The Morgan fingerprint density at radius 2 is 1.33 bits per heavy atom. The topological polar surface area (TPSA) is 52.0 Å². The summed E-state index contributed by atoms with van der Waals surface area (Å²) in [4.78, 5) is 0. The minimum atomic E-state index is 0. The first-order valence-electron chi connectivity index (χ1n) is 1.32. The Hall–Kier alpha value is 1.44. The van der Waals surface area contributed by atoms with Crippen molar-refractivity contribution in [2.75, 3.05) is 13.1 Å². The molecule has 0 amide bonds. The summed E-state index contributed by atoms with van der Waals surface area (Å²) in [5, 5.41) is 0. The van der Waals surface area contributed by atoms with E-state index in [4.69, 9.17) is 11.5 Å². The third-order valence-corrected chi connectivity index (χ3v) is 0.167. The van der Waals surface area contributed by atoms with Crippen molar-refractivity contribution in [1.82, 2.24) is 0 Å². The molecule has 0 aromatic rings. The number of hydrogen-bond donors (Lipinski definition) is 2. The van der Waals surface area contributed by atoms with Crippen molar-refractivity contribution >= 4 is 0 Å². The van der Waals surface area contributed by atoms with Crippen molar-refractivity contribution in [1.29, 1.82) is 0 Å². The van der Waals surface area contributed by atoms with Crippen LogP contribution in [0, 0.1) is 0 Å². The third-order valence-electron chi connectivity index (χ3n) is 0.167. The van der Waals surface area contributed by atoms with Gasteiger partial charge in [0.25, 0.3) is 0 Å². The molecule has 0 rings (SSSR count). The third kappa shape index (κ3) is 18.0. The Balaban J connectivity index is -0.0000000150. The molecule has 0 saturated heterocycles. The van der Waals surface area contributed by atoms with E-state index in [-0.39, 0.29) is 48.1 Å². The molecule has 0 radical (unpaired) electrons. The van der Waals surface area contributed by atoms with E-state index < -0.39 is 0 Å². The van der Waals surface area contributed by atoms with Crippen LogP contribution in [0.4, 0.5) is 0 Å². The smallest absolute Gasteiger partial charge is 1.00 e. The molecule has 0 unspecified atom stereocenters. The number of rotatable bonds is 1. The van der Waals surface area contributed by atoms with Gasteiger partial charge in [0.05, 0.1) is 0 Å². The monoisotopic (exact) mass is 140 g/mol. The fourth-order valence-electron chi connectivity index (χ4n) is 0. The zero-order valence-electron chi connectivity index (χ0n) is 4.92. The van der Waals surface area contributed by atoms with Crippen LogP contribution in [-0.2, 0) is 17.1 Å². The standard InChI is InChI=1S/C2H8N2.Fe.Na.H/c3-1-2-4;;;/h1-4H2;;;/q;;+1;-1.